The van der Waals surface area contributed by atoms with Gasteiger partial charge in [-0.05, 0) is 37.5 Å². The molecule has 1 atom stereocenters. The zero-order chi connectivity index (χ0) is 22.2. The summed E-state index contributed by atoms with van der Waals surface area (Å²) in [4.78, 5) is 18.6. The summed E-state index contributed by atoms with van der Waals surface area (Å²) in [6.45, 7) is 6.48. The molecule has 1 saturated heterocycles. The van der Waals surface area contributed by atoms with Crippen molar-refractivity contribution in [1.29, 1.82) is 0 Å². The zero-order valence-corrected chi connectivity index (χ0v) is 18.9. The SMILES string of the molecule is CCC(=O)N1CCC(NC(=NCc2nnc(C)n2C)NCCc2ccc(OC)cc2)C1. The Morgan fingerprint density at radius 3 is 2.71 bits per heavy atom. The van der Waals surface area contributed by atoms with Crippen LogP contribution in [0.15, 0.2) is 29.3 Å². The molecule has 1 amide bonds. The van der Waals surface area contributed by atoms with Gasteiger partial charge in [0.15, 0.2) is 11.8 Å². The van der Waals surface area contributed by atoms with Gasteiger partial charge < -0.3 is 24.8 Å². The molecule has 1 aromatic heterocycles. The van der Waals surface area contributed by atoms with Gasteiger partial charge in [-0.3, -0.25) is 4.79 Å². The van der Waals surface area contributed by atoms with Crippen LogP contribution in [0.4, 0.5) is 0 Å². The lowest BCUT2D eigenvalue weighted by molar-refractivity contribution is -0.129. The molecule has 1 aliphatic rings. The first-order chi connectivity index (χ1) is 15.0. The van der Waals surface area contributed by atoms with E-state index in [1.165, 1.54) is 5.56 Å². The van der Waals surface area contributed by atoms with Crippen LogP contribution in [0.5, 0.6) is 5.75 Å². The number of aromatic nitrogens is 3. The number of ether oxygens (including phenoxy) is 1. The number of carbonyl (C=O) groups excluding carboxylic acids is 1. The van der Waals surface area contributed by atoms with Gasteiger partial charge in [-0.1, -0.05) is 19.1 Å². The number of benzene rings is 1. The van der Waals surface area contributed by atoms with Crippen LogP contribution in [-0.2, 0) is 24.8 Å². The van der Waals surface area contributed by atoms with Gasteiger partial charge in [0.05, 0.1) is 7.11 Å². The van der Waals surface area contributed by atoms with Crippen LogP contribution < -0.4 is 15.4 Å². The average molecular weight is 428 g/mol. The van der Waals surface area contributed by atoms with Crippen molar-refractivity contribution in [3.63, 3.8) is 0 Å². The number of carbonyl (C=O) groups is 1. The highest BCUT2D eigenvalue weighted by Crippen LogP contribution is 2.12. The molecule has 1 unspecified atom stereocenters. The van der Waals surface area contributed by atoms with Gasteiger partial charge in [0.25, 0.3) is 0 Å². The van der Waals surface area contributed by atoms with E-state index in [1.54, 1.807) is 7.11 Å². The predicted molar refractivity (Wildman–Crippen MR) is 120 cm³/mol. The highest BCUT2D eigenvalue weighted by Gasteiger charge is 2.25. The molecule has 3 rings (SSSR count). The standard InChI is InChI=1S/C22H33N7O2/c1-5-21(30)29-13-11-18(15-29)25-22(24-14-20-27-26-16(2)28(20)3)23-12-10-17-6-8-19(31-4)9-7-17/h6-9,18H,5,10-15H2,1-4H3,(H2,23,24,25). The summed E-state index contributed by atoms with van der Waals surface area (Å²) < 4.78 is 7.16. The van der Waals surface area contributed by atoms with Crippen LogP contribution >= 0.6 is 0 Å². The van der Waals surface area contributed by atoms with E-state index in [4.69, 9.17) is 9.73 Å². The second-order valence-electron chi connectivity index (χ2n) is 7.74. The number of nitrogens with zero attached hydrogens (tertiary/aromatic N) is 5. The zero-order valence-electron chi connectivity index (χ0n) is 18.9. The largest absolute Gasteiger partial charge is 0.497 e. The highest BCUT2D eigenvalue weighted by atomic mass is 16.5. The topological polar surface area (TPSA) is 96.7 Å². The van der Waals surface area contributed by atoms with E-state index in [9.17, 15) is 4.79 Å². The first-order valence-electron chi connectivity index (χ1n) is 10.8. The van der Waals surface area contributed by atoms with Crippen molar-refractivity contribution in [2.45, 2.75) is 45.7 Å². The molecule has 2 heterocycles. The van der Waals surface area contributed by atoms with Crippen LogP contribution in [0.1, 0.15) is 37.0 Å². The molecule has 9 heteroatoms. The van der Waals surface area contributed by atoms with E-state index in [-0.39, 0.29) is 11.9 Å². The smallest absolute Gasteiger partial charge is 0.222 e. The molecule has 0 aliphatic carbocycles. The van der Waals surface area contributed by atoms with E-state index in [2.05, 4.69) is 33.0 Å². The predicted octanol–water partition coefficient (Wildman–Crippen LogP) is 1.42. The average Bonchev–Trinajstić information content (AvgIpc) is 3.38. The van der Waals surface area contributed by atoms with E-state index < -0.39 is 0 Å². The van der Waals surface area contributed by atoms with Crippen LogP contribution in [0.3, 0.4) is 0 Å². The van der Waals surface area contributed by atoms with Crippen molar-refractivity contribution in [2.24, 2.45) is 12.0 Å². The Labute approximate surface area is 183 Å². The lowest BCUT2D eigenvalue weighted by atomic mass is 10.1. The molecule has 31 heavy (non-hydrogen) atoms. The van der Waals surface area contributed by atoms with Crippen molar-refractivity contribution < 1.29 is 9.53 Å². The molecular weight excluding hydrogens is 394 g/mol. The lowest BCUT2D eigenvalue weighted by Gasteiger charge is -2.19. The van der Waals surface area contributed by atoms with Gasteiger partial charge in [0.1, 0.15) is 18.1 Å². The number of likely N-dealkylation sites (tertiary alicyclic amines) is 1. The molecule has 1 aromatic carbocycles. The third-order valence-corrected chi connectivity index (χ3v) is 5.61. The Hall–Kier alpha value is -3.10. The molecule has 0 spiro atoms. The Balaban J connectivity index is 1.61. The van der Waals surface area contributed by atoms with Crippen molar-refractivity contribution in [2.75, 3.05) is 26.7 Å². The number of hydrogen-bond acceptors (Lipinski definition) is 5. The Morgan fingerprint density at radius 1 is 1.29 bits per heavy atom. The van der Waals surface area contributed by atoms with Gasteiger partial charge in [0, 0.05) is 39.1 Å². The van der Waals surface area contributed by atoms with Crippen LogP contribution in [0, 0.1) is 6.92 Å². The van der Waals surface area contributed by atoms with Crippen LogP contribution in [0.2, 0.25) is 0 Å². The first kappa shape index (κ1) is 22.6. The van der Waals surface area contributed by atoms with E-state index in [1.807, 2.05) is 42.5 Å². The molecule has 1 aliphatic heterocycles. The number of amides is 1. The number of aryl methyl sites for hydroxylation is 1. The monoisotopic (exact) mass is 427 g/mol. The molecule has 0 bridgehead atoms. The maximum atomic E-state index is 12.0. The minimum absolute atomic E-state index is 0.184. The summed E-state index contributed by atoms with van der Waals surface area (Å²) in [5, 5.41) is 15.2. The molecule has 0 radical (unpaired) electrons. The minimum Gasteiger partial charge on any atom is -0.497 e. The maximum absolute atomic E-state index is 12.0. The fourth-order valence-electron chi connectivity index (χ4n) is 3.53. The summed E-state index contributed by atoms with van der Waals surface area (Å²) in [7, 11) is 3.61. The lowest BCUT2D eigenvalue weighted by Crippen LogP contribution is -2.45. The normalized spacial score (nSPS) is 16.5. The number of aliphatic imine (C=N–C) groups is 1. The van der Waals surface area contributed by atoms with Crippen LogP contribution in [0.25, 0.3) is 0 Å². The summed E-state index contributed by atoms with van der Waals surface area (Å²) in [5.74, 6) is 3.45. The highest BCUT2D eigenvalue weighted by molar-refractivity contribution is 5.80. The number of rotatable bonds is 8. The van der Waals surface area contributed by atoms with Crippen LogP contribution in [-0.4, -0.2) is 64.3 Å². The number of hydrogen-bond donors (Lipinski definition) is 2. The van der Waals surface area contributed by atoms with E-state index in [0.717, 1.165) is 49.3 Å². The molecule has 168 valence electrons. The summed E-state index contributed by atoms with van der Waals surface area (Å²) >= 11 is 0. The van der Waals surface area contributed by atoms with Crippen molar-refractivity contribution in [1.82, 2.24) is 30.3 Å². The second kappa shape index (κ2) is 10.8. The van der Waals surface area contributed by atoms with Gasteiger partial charge in [0.2, 0.25) is 5.91 Å². The number of methoxy groups -OCH3 is 1. The summed E-state index contributed by atoms with van der Waals surface area (Å²) in [6.07, 6.45) is 2.31. The Bertz CT molecular complexity index is 892. The van der Waals surface area contributed by atoms with Crippen molar-refractivity contribution in [3.8, 4) is 5.75 Å². The Morgan fingerprint density at radius 2 is 2.06 bits per heavy atom. The van der Waals surface area contributed by atoms with Gasteiger partial charge >= 0.3 is 0 Å². The van der Waals surface area contributed by atoms with E-state index in [0.29, 0.717) is 19.5 Å². The quantitative estimate of drug-likeness (QED) is 0.489. The maximum Gasteiger partial charge on any atom is 0.222 e. The molecule has 1 fully saturated rings. The summed E-state index contributed by atoms with van der Waals surface area (Å²) in [6, 6.07) is 8.26. The first-order valence-corrected chi connectivity index (χ1v) is 10.8. The molecule has 2 N–H and O–H groups in total. The third-order valence-electron chi connectivity index (χ3n) is 5.61. The van der Waals surface area contributed by atoms with Gasteiger partial charge in [-0.25, -0.2) is 4.99 Å². The van der Waals surface area contributed by atoms with Crippen molar-refractivity contribution >= 4 is 11.9 Å². The summed E-state index contributed by atoms with van der Waals surface area (Å²) in [5.41, 5.74) is 1.22. The fourth-order valence-corrected chi connectivity index (χ4v) is 3.53. The second-order valence-corrected chi connectivity index (χ2v) is 7.74. The Kier molecular flexibility index (Phi) is 7.86. The third kappa shape index (κ3) is 6.19. The van der Waals surface area contributed by atoms with Gasteiger partial charge in [-0.15, -0.1) is 10.2 Å². The number of nitrogens with one attached hydrogen (secondary N) is 2. The number of guanidine groups is 1. The molecule has 9 nitrogen and oxygen atoms in total. The van der Waals surface area contributed by atoms with E-state index >= 15 is 0 Å². The molecular formula is C22H33N7O2. The van der Waals surface area contributed by atoms with Crippen molar-refractivity contribution in [3.05, 3.63) is 41.5 Å². The van der Waals surface area contributed by atoms with Gasteiger partial charge in [-0.2, -0.15) is 0 Å². The minimum atomic E-state index is 0.184. The fraction of sp³-hybridized carbons (Fsp3) is 0.545. The molecule has 0 saturated carbocycles. The molecule has 2 aromatic rings.